The number of primary amides is 1. The molecular formula is C15H17N9O2. The van der Waals surface area contributed by atoms with Gasteiger partial charge in [-0.05, 0) is 0 Å². The van der Waals surface area contributed by atoms with Crippen LogP contribution < -0.4 is 21.7 Å². The quantitative estimate of drug-likeness (QED) is 0.471. The van der Waals surface area contributed by atoms with Gasteiger partial charge in [0.25, 0.3) is 0 Å². The Morgan fingerprint density at radius 3 is 2.73 bits per heavy atom. The number of nitrogens with one attached hydrogen (secondary N) is 1. The van der Waals surface area contributed by atoms with Crippen molar-refractivity contribution in [1.82, 2.24) is 29.7 Å². The topological polar surface area (TPSA) is 149 Å². The van der Waals surface area contributed by atoms with Gasteiger partial charge in [0, 0.05) is 30.4 Å². The second-order valence-corrected chi connectivity index (χ2v) is 6.30. The van der Waals surface area contributed by atoms with Crippen molar-refractivity contribution in [2.45, 2.75) is 5.54 Å². The van der Waals surface area contributed by atoms with E-state index in [0.717, 1.165) is 11.1 Å². The summed E-state index contributed by atoms with van der Waals surface area (Å²) in [6, 6.07) is 1.67. The maximum Gasteiger partial charge on any atom is 0.246 e. The molecule has 0 atom stereocenters. The lowest BCUT2D eigenvalue weighted by atomic mass is 9.89. The van der Waals surface area contributed by atoms with Crippen molar-refractivity contribution in [1.29, 1.82) is 0 Å². The Bertz CT molecular complexity index is 1020. The lowest BCUT2D eigenvalue weighted by molar-refractivity contribution is -0.128. The number of aryl methyl sites for hydroxylation is 1. The number of hydrogen-bond donors (Lipinski definition) is 3. The maximum absolute atomic E-state index is 11.7. The molecule has 0 spiro atoms. The fourth-order valence-electron chi connectivity index (χ4n) is 3.10. The molecule has 3 aromatic rings. The van der Waals surface area contributed by atoms with Crippen LogP contribution in [0.15, 0.2) is 24.7 Å². The molecule has 4 heterocycles. The molecule has 5 N–H and O–H groups in total. The van der Waals surface area contributed by atoms with Crippen LogP contribution in [0.5, 0.6) is 0 Å². The Hall–Kier alpha value is -3.63. The second-order valence-electron chi connectivity index (χ2n) is 6.30. The van der Waals surface area contributed by atoms with E-state index in [1.807, 2.05) is 18.1 Å². The summed E-state index contributed by atoms with van der Waals surface area (Å²) in [5.74, 6) is 0.389. The molecule has 0 radical (unpaired) electrons. The van der Waals surface area contributed by atoms with Crippen molar-refractivity contribution < 1.29 is 9.59 Å². The summed E-state index contributed by atoms with van der Waals surface area (Å²) in [6.07, 6.45) is 5.73. The Morgan fingerprint density at radius 1 is 1.35 bits per heavy atom. The van der Waals surface area contributed by atoms with Crippen LogP contribution in [-0.4, -0.2) is 55.3 Å². The monoisotopic (exact) mass is 355 g/mol. The highest BCUT2D eigenvalue weighted by molar-refractivity contribution is 5.91. The molecule has 11 nitrogen and oxygen atoms in total. The zero-order valence-electron chi connectivity index (χ0n) is 14.0. The summed E-state index contributed by atoms with van der Waals surface area (Å²) in [6.45, 7) is 0.445. The largest absolute Gasteiger partial charge is 0.383 e. The highest BCUT2D eigenvalue weighted by atomic mass is 16.2. The summed E-state index contributed by atoms with van der Waals surface area (Å²) < 4.78 is 3.23. The molecule has 1 saturated heterocycles. The first-order valence-electron chi connectivity index (χ1n) is 7.83. The molecule has 26 heavy (non-hydrogen) atoms. The van der Waals surface area contributed by atoms with Crippen molar-refractivity contribution in [3.05, 3.63) is 24.7 Å². The normalized spacial score (nSPS) is 15.7. The van der Waals surface area contributed by atoms with Crippen LogP contribution in [0.25, 0.3) is 16.8 Å². The van der Waals surface area contributed by atoms with Crippen molar-refractivity contribution >= 4 is 29.6 Å². The van der Waals surface area contributed by atoms with Gasteiger partial charge in [0.15, 0.2) is 11.2 Å². The number of aromatic nitrogens is 5. The average Bonchev–Trinajstić information content (AvgIpc) is 3.16. The third-order valence-electron chi connectivity index (χ3n) is 4.55. The minimum Gasteiger partial charge on any atom is -0.383 e. The molecule has 4 rings (SSSR count). The number of nitrogens with two attached hydrogens (primary N) is 2. The van der Waals surface area contributed by atoms with Gasteiger partial charge >= 0.3 is 0 Å². The highest BCUT2D eigenvalue weighted by Gasteiger charge is 2.48. The number of nitrogens with zero attached hydrogens (tertiary/aromatic N) is 6. The minimum atomic E-state index is -1.09. The lowest BCUT2D eigenvalue weighted by Crippen LogP contribution is -2.75. The third kappa shape index (κ3) is 2.24. The fraction of sp³-hybridized carbons (Fsp3) is 0.267. The van der Waals surface area contributed by atoms with Crippen LogP contribution >= 0.6 is 0 Å². The Kier molecular flexibility index (Phi) is 3.32. The first kappa shape index (κ1) is 15.9. The van der Waals surface area contributed by atoms with Gasteiger partial charge < -0.3 is 21.7 Å². The van der Waals surface area contributed by atoms with E-state index in [1.54, 1.807) is 23.1 Å². The number of anilines is 2. The van der Waals surface area contributed by atoms with E-state index in [9.17, 15) is 9.59 Å². The van der Waals surface area contributed by atoms with Crippen LogP contribution in [-0.2, 0) is 16.6 Å². The van der Waals surface area contributed by atoms with E-state index in [-0.39, 0.29) is 13.1 Å². The number of rotatable bonds is 5. The molecule has 0 aliphatic carbocycles. The Labute approximate surface area is 147 Å². The standard InChI is InChI=1S/C15H17N9O2/c1-22-5-9(3-19-22)10-4-20-24-11(16)2-12(21-13(10)24)23-6-15(7-23,14(17)26)18-8-25/h2-5,8H,6-7,16H2,1H3,(H2,17,26)(H,18,25). The summed E-state index contributed by atoms with van der Waals surface area (Å²) in [4.78, 5) is 28.9. The number of carbonyl (C=O) groups excluding carboxylic acids is 2. The molecule has 11 heteroatoms. The molecule has 0 saturated carbocycles. The molecule has 134 valence electrons. The van der Waals surface area contributed by atoms with E-state index in [4.69, 9.17) is 11.5 Å². The van der Waals surface area contributed by atoms with Gasteiger partial charge in [0.05, 0.1) is 25.5 Å². The molecule has 0 aromatic carbocycles. The van der Waals surface area contributed by atoms with E-state index in [1.165, 1.54) is 4.52 Å². The van der Waals surface area contributed by atoms with Gasteiger partial charge in [-0.2, -0.15) is 14.7 Å². The van der Waals surface area contributed by atoms with Gasteiger partial charge in [0.2, 0.25) is 12.3 Å². The number of amides is 2. The van der Waals surface area contributed by atoms with Gasteiger partial charge in [0.1, 0.15) is 11.6 Å². The number of carbonyl (C=O) groups is 2. The summed E-state index contributed by atoms with van der Waals surface area (Å²) in [5.41, 5.74) is 12.7. The van der Waals surface area contributed by atoms with Gasteiger partial charge in [-0.3, -0.25) is 14.3 Å². The molecule has 1 fully saturated rings. The zero-order chi connectivity index (χ0) is 18.5. The number of hydrogen-bond acceptors (Lipinski definition) is 7. The molecule has 1 aliphatic heterocycles. The molecule has 1 aliphatic rings. The van der Waals surface area contributed by atoms with Gasteiger partial charge in [-0.15, -0.1) is 0 Å². The SMILES string of the molecule is Cn1cc(-c2cnn3c(N)cc(N4CC(NC=O)(C(N)=O)C4)nc23)cn1. The van der Waals surface area contributed by atoms with E-state index < -0.39 is 11.4 Å². The average molecular weight is 355 g/mol. The van der Waals surface area contributed by atoms with Crippen LogP contribution in [0.1, 0.15) is 0 Å². The summed E-state index contributed by atoms with van der Waals surface area (Å²) in [5, 5.41) is 10.9. The fourth-order valence-corrected chi connectivity index (χ4v) is 3.10. The van der Waals surface area contributed by atoms with E-state index in [0.29, 0.717) is 23.7 Å². The molecule has 3 aromatic heterocycles. The first-order chi connectivity index (χ1) is 12.4. The van der Waals surface area contributed by atoms with E-state index >= 15 is 0 Å². The number of nitrogen functional groups attached to an aromatic ring is 1. The van der Waals surface area contributed by atoms with Crippen molar-refractivity contribution in [3.8, 4) is 11.1 Å². The Morgan fingerprint density at radius 2 is 2.12 bits per heavy atom. The maximum atomic E-state index is 11.7. The lowest BCUT2D eigenvalue weighted by Gasteiger charge is -2.47. The predicted molar refractivity (Wildman–Crippen MR) is 92.9 cm³/mol. The molecule has 0 bridgehead atoms. The summed E-state index contributed by atoms with van der Waals surface area (Å²) >= 11 is 0. The van der Waals surface area contributed by atoms with E-state index in [2.05, 4.69) is 20.5 Å². The van der Waals surface area contributed by atoms with Crippen molar-refractivity contribution in [2.24, 2.45) is 12.8 Å². The van der Waals surface area contributed by atoms with Crippen molar-refractivity contribution in [3.63, 3.8) is 0 Å². The van der Waals surface area contributed by atoms with Crippen LogP contribution in [0.2, 0.25) is 0 Å². The van der Waals surface area contributed by atoms with Crippen LogP contribution in [0.3, 0.4) is 0 Å². The van der Waals surface area contributed by atoms with Gasteiger partial charge in [-0.1, -0.05) is 0 Å². The summed E-state index contributed by atoms with van der Waals surface area (Å²) in [7, 11) is 1.83. The van der Waals surface area contributed by atoms with Crippen molar-refractivity contribution in [2.75, 3.05) is 23.7 Å². The third-order valence-corrected chi connectivity index (χ3v) is 4.55. The zero-order valence-corrected chi connectivity index (χ0v) is 14.0. The molecule has 2 amide bonds. The smallest absolute Gasteiger partial charge is 0.246 e. The van der Waals surface area contributed by atoms with Gasteiger partial charge in [-0.25, -0.2) is 4.98 Å². The predicted octanol–water partition coefficient (Wildman–Crippen LogP) is -1.50. The highest BCUT2D eigenvalue weighted by Crippen LogP contribution is 2.30. The van der Waals surface area contributed by atoms with Crippen LogP contribution in [0.4, 0.5) is 11.6 Å². The number of fused-ring (bicyclic) bond motifs is 1. The molecular weight excluding hydrogens is 338 g/mol. The first-order valence-corrected chi connectivity index (χ1v) is 7.83. The minimum absolute atomic E-state index is 0.222. The van der Waals surface area contributed by atoms with Crippen LogP contribution in [0, 0.1) is 0 Å². The Balaban J connectivity index is 1.72. The molecule has 0 unspecified atom stereocenters. The second kappa shape index (κ2) is 5.44.